The van der Waals surface area contributed by atoms with Gasteiger partial charge in [0.05, 0.1) is 19.6 Å². The molecule has 0 saturated carbocycles. The third kappa shape index (κ3) is 4.14. The first-order valence-corrected chi connectivity index (χ1v) is 8.26. The Morgan fingerprint density at radius 3 is 2.92 bits per heavy atom. The number of amides is 1. The van der Waals surface area contributed by atoms with Crippen molar-refractivity contribution in [2.24, 2.45) is 0 Å². The summed E-state index contributed by atoms with van der Waals surface area (Å²) < 4.78 is 8.19. The average Bonchev–Trinajstić information content (AvgIpc) is 2.92. The molecule has 1 amide bonds. The van der Waals surface area contributed by atoms with Gasteiger partial charge in [-0.25, -0.2) is 4.98 Å². The van der Waals surface area contributed by atoms with Crippen LogP contribution < -0.4 is 4.74 Å². The first kappa shape index (κ1) is 16.5. The van der Waals surface area contributed by atoms with Crippen LogP contribution in [0.4, 0.5) is 0 Å². The fourth-order valence-electron chi connectivity index (χ4n) is 2.88. The Balaban J connectivity index is 1.74. The maximum atomic E-state index is 12.6. The Kier molecular flexibility index (Phi) is 5.15. The lowest BCUT2D eigenvalue weighted by Gasteiger charge is -2.25. The van der Waals surface area contributed by atoms with Gasteiger partial charge in [0.1, 0.15) is 6.10 Å². The van der Waals surface area contributed by atoms with Crippen LogP contribution in [0, 0.1) is 0 Å². The minimum absolute atomic E-state index is 0.114. The Labute approximate surface area is 142 Å². The molecule has 3 heterocycles. The van der Waals surface area contributed by atoms with Gasteiger partial charge >= 0.3 is 0 Å². The first-order chi connectivity index (χ1) is 11.6. The Morgan fingerprint density at radius 2 is 2.17 bits per heavy atom. The molecule has 24 heavy (non-hydrogen) atoms. The minimum Gasteiger partial charge on any atom is -0.471 e. The molecule has 1 aliphatic heterocycles. The lowest BCUT2D eigenvalue weighted by atomic mass is 10.2. The van der Waals surface area contributed by atoms with Gasteiger partial charge in [0.15, 0.2) is 0 Å². The standard InChI is InChI=1S/C18H24N4O2/c1-20(2)11-8-18(23)22-12-15-6-5-10-21(15)13-16(14-22)24-17-7-3-4-9-19-17/h3-7,9-10,16H,8,11-14H2,1-2H3/t16-/m0/s1. The lowest BCUT2D eigenvalue weighted by molar-refractivity contribution is -0.133. The van der Waals surface area contributed by atoms with Crippen molar-refractivity contribution in [1.82, 2.24) is 19.4 Å². The molecular formula is C18H24N4O2. The van der Waals surface area contributed by atoms with Crippen LogP contribution >= 0.6 is 0 Å². The molecule has 0 spiro atoms. The zero-order valence-electron chi connectivity index (χ0n) is 14.3. The van der Waals surface area contributed by atoms with E-state index in [1.165, 1.54) is 0 Å². The number of hydrogen-bond donors (Lipinski definition) is 0. The van der Waals surface area contributed by atoms with Gasteiger partial charge < -0.3 is 19.1 Å². The Bertz CT molecular complexity index is 669. The van der Waals surface area contributed by atoms with Gasteiger partial charge in [-0.15, -0.1) is 0 Å². The van der Waals surface area contributed by atoms with Crippen LogP contribution in [0.15, 0.2) is 42.7 Å². The highest BCUT2D eigenvalue weighted by Gasteiger charge is 2.26. The highest BCUT2D eigenvalue weighted by molar-refractivity contribution is 5.76. The first-order valence-electron chi connectivity index (χ1n) is 8.26. The van der Waals surface area contributed by atoms with E-state index in [1.807, 2.05) is 54.4 Å². The van der Waals surface area contributed by atoms with Crippen molar-refractivity contribution >= 4 is 5.91 Å². The molecule has 1 atom stereocenters. The molecule has 0 bridgehead atoms. The minimum atomic E-state index is -0.114. The van der Waals surface area contributed by atoms with Crippen molar-refractivity contribution < 1.29 is 9.53 Å². The number of fused-ring (bicyclic) bond motifs is 1. The molecule has 2 aromatic heterocycles. The van der Waals surface area contributed by atoms with Crippen LogP contribution in [-0.2, 0) is 17.9 Å². The maximum absolute atomic E-state index is 12.6. The topological polar surface area (TPSA) is 50.6 Å². The van der Waals surface area contributed by atoms with Crippen LogP contribution in [0.25, 0.3) is 0 Å². The summed E-state index contributed by atoms with van der Waals surface area (Å²) >= 11 is 0. The van der Waals surface area contributed by atoms with Crippen LogP contribution in [0.1, 0.15) is 12.1 Å². The molecule has 0 aromatic carbocycles. The summed E-state index contributed by atoms with van der Waals surface area (Å²) in [6.45, 7) is 2.67. The summed E-state index contributed by atoms with van der Waals surface area (Å²) in [7, 11) is 3.96. The molecule has 2 aromatic rings. The second-order valence-electron chi connectivity index (χ2n) is 6.39. The number of ether oxygens (including phenoxy) is 1. The van der Waals surface area contributed by atoms with E-state index in [-0.39, 0.29) is 12.0 Å². The highest BCUT2D eigenvalue weighted by atomic mass is 16.5. The van der Waals surface area contributed by atoms with Gasteiger partial charge in [0, 0.05) is 37.1 Å². The molecule has 0 saturated heterocycles. The molecule has 0 unspecified atom stereocenters. The summed E-state index contributed by atoms with van der Waals surface area (Å²) in [6.07, 6.45) is 4.16. The third-order valence-corrected chi connectivity index (χ3v) is 4.15. The van der Waals surface area contributed by atoms with Crippen molar-refractivity contribution in [3.8, 4) is 5.88 Å². The smallest absolute Gasteiger partial charge is 0.224 e. The van der Waals surface area contributed by atoms with Gasteiger partial charge in [0.25, 0.3) is 0 Å². The largest absolute Gasteiger partial charge is 0.471 e. The number of pyridine rings is 1. The fraction of sp³-hybridized carbons (Fsp3) is 0.444. The second-order valence-corrected chi connectivity index (χ2v) is 6.39. The van der Waals surface area contributed by atoms with Gasteiger partial charge in [-0.3, -0.25) is 4.79 Å². The fourth-order valence-corrected chi connectivity index (χ4v) is 2.88. The Hall–Kier alpha value is -2.34. The molecule has 6 heteroatoms. The molecule has 0 aliphatic carbocycles. The van der Waals surface area contributed by atoms with Crippen LogP contribution in [0.2, 0.25) is 0 Å². The summed E-state index contributed by atoms with van der Waals surface area (Å²) in [4.78, 5) is 20.8. The maximum Gasteiger partial charge on any atom is 0.224 e. The molecule has 3 rings (SSSR count). The number of aromatic nitrogens is 2. The van der Waals surface area contributed by atoms with Crippen molar-refractivity contribution in [3.05, 3.63) is 48.4 Å². The molecular weight excluding hydrogens is 304 g/mol. The average molecular weight is 328 g/mol. The summed E-state index contributed by atoms with van der Waals surface area (Å²) in [6, 6.07) is 9.69. The van der Waals surface area contributed by atoms with E-state index in [4.69, 9.17) is 4.74 Å². The predicted octanol–water partition coefficient (Wildman–Crippen LogP) is 1.62. The number of hydrogen-bond acceptors (Lipinski definition) is 4. The van der Waals surface area contributed by atoms with E-state index in [1.54, 1.807) is 6.20 Å². The van der Waals surface area contributed by atoms with Gasteiger partial charge in [-0.05, 0) is 32.3 Å². The van der Waals surface area contributed by atoms with Gasteiger partial charge in [-0.1, -0.05) is 6.07 Å². The monoisotopic (exact) mass is 328 g/mol. The van der Waals surface area contributed by atoms with Crippen molar-refractivity contribution in [3.63, 3.8) is 0 Å². The lowest BCUT2D eigenvalue weighted by Crippen LogP contribution is -2.39. The molecule has 128 valence electrons. The summed E-state index contributed by atoms with van der Waals surface area (Å²) in [5, 5.41) is 0. The van der Waals surface area contributed by atoms with E-state index in [0.29, 0.717) is 25.4 Å². The second kappa shape index (κ2) is 7.49. The zero-order chi connectivity index (χ0) is 16.9. The van der Waals surface area contributed by atoms with Crippen molar-refractivity contribution in [2.75, 3.05) is 27.2 Å². The van der Waals surface area contributed by atoms with Crippen LogP contribution in [0.3, 0.4) is 0 Å². The van der Waals surface area contributed by atoms with E-state index in [9.17, 15) is 4.79 Å². The third-order valence-electron chi connectivity index (χ3n) is 4.15. The van der Waals surface area contributed by atoms with E-state index in [2.05, 4.69) is 15.6 Å². The number of carbonyl (C=O) groups is 1. The zero-order valence-corrected chi connectivity index (χ0v) is 14.3. The number of rotatable bonds is 5. The molecule has 1 aliphatic rings. The Morgan fingerprint density at radius 1 is 1.29 bits per heavy atom. The van der Waals surface area contributed by atoms with Crippen molar-refractivity contribution in [2.45, 2.75) is 25.6 Å². The SMILES string of the molecule is CN(C)CCC(=O)N1Cc2cccn2C[C@H](Oc2ccccn2)C1. The predicted molar refractivity (Wildman–Crippen MR) is 91.7 cm³/mol. The highest BCUT2D eigenvalue weighted by Crippen LogP contribution is 2.18. The van der Waals surface area contributed by atoms with Crippen molar-refractivity contribution in [1.29, 1.82) is 0 Å². The van der Waals surface area contributed by atoms with E-state index < -0.39 is 0 Å². The summed E-state index contributed by atoms with van der Waals surface area (Å²) in [5.74, 6) is 0.756. The van der Waals surface area contributed by atoms with Crippen LogP contribution in [-0.4, -0.2) is 58.5 Å². The molecule has 0 radical (unpaired) electrons. The van der Waals surface area contributed by atoms with Gasteiger partial charge in [-0.2, -0.15) is 0 Å². The molecule has 6 nitrogen and oxygen atoms in total. The van der Waals surface area contributed by atoms with Gasteiger partial charge in [0.2, 0.25) is 11.8 Å². The number of nitrogens with zero attached hydrogens (tertiary/aromatic N) is 4. The van der Waals surface area contributed by atoms with E-state index >= 15 is 0 Å². The number of carbonyl (C=O) groups excluding carboxylic acids is 1. The summed E-state index contributed by atoms with van der Waals surface area (Å²) in [5.41, 5.74) is 1.14. The quantitative estimate of drug-likeness (QED) is 0.837. The van der Waals surface area contributed by atoms with E-state index in [0.717, 1.165) is 18.8 Å². The molecule has 0 N–H and O–H groups in total. The normalized spacial score (nSPS) is 17.5. The van der Waals surface area contributed by atoms with Crippen LogP contribution in [0.5, 0.6) is 5.88 Å². The molecule has 0 fully saturated rings.